The van der Waals surface area contributed by atoms with Crippen molar-refractivity contribution in [2.24, 2.45) is 5.92 Å². The van der Waals surface area contributed by atoms with Crippen LogP contribution in [0.1, 0.15) is 58.8 Å². The van der Waals surface area contributed by atoms with Crippen molar-refractivity contribution in [1.29, 1.82) is 0 Å². The van der Waals surface area contributed by atoms with Gasteiger partial charge in [0.15, 0.2) is 0 Å². The molecule has 1 aliphatic heterocycles. The van der Waals surface area contributed by atoms with Crippen molar-refractivity contribution < 1.29 is 24.3 Å². The highest BCUT2D eigenvalue weighted by Crippen LogP contribution is 2.45. The third-order valence-corrected chi connectivity index (χ3v) is 11.8. The number of benzene rings is 6. The third-order valence-electron chi connectivity index (χ3n) is 11.8. The number of anilines is 2. The lowest BCUT2D eigenvalue weighted by Crippen LogP contribution is -2.49. The molecule has 6 aromatic rings. The van der Waals surface area contributed by atoms with Crippen molar-refractivity contribution in [2.45, 2.75) is 44.7 Å². The van der Waals surface area contributed by atoms with Crippen LogP contribution in [0.3, 0.4) is 0 Å². The highest BCUT2D eigenvalue weighted by molar-refractivity contribution is 6.11. The number of nitrogens with zero attached hydrogens (tertiary/aromatic N) is 1. The number of fused-ring (bicyclic) bond motifs is 4. The van der Waals surface area contributed by atoms with Crippen LogP contribution in [0.4, 0.5) is 16.2 Å². The molecule has 0 radical (unpaired) electrons. The first-order valence-electron chi connectivity index (χ1n) is 20.4. The van der Waals surface area contributed by atoms with E-state index in [2.05, 4.69) is 41.9 Å². The summed E-state index contributed by atoms with van der Waals surface area (Å²) in [5.41, 5.74) is 9.25. The van der Waals surface area contributed by atoms with Gasteiger partial charge in [0, 0.05) is 53.0 Å². The minimum atomic E-state index is -1.20. The van der Waals surface area contributed by atoms with E-state index in [-0.39, 0.29) is 42.7 Å². The molecule has 6 aromatic carbocycles. The molecule has 3 unspecified atom stereocenters. The van der Waals surface area contributed by atoms with Crippen molar-refractivity contribution in [3.8, 4) is 22.3 Å². The van der Waals surface area contributed by atoms with Gasteiger partial charge in [-0.2, -0.15) is 0 Å². The zero-order chi connectivity index (χ0) is 41.8. The van der Waals surface area contributed by atoms with Gasteiger partial charge in [0.1, 0.15) is 6.04 Å². The van der Waals surface area contributed by atoms with Crippen LogP contribution in [-0.4, -0.2) is 52.4 Å². The van der Waals surface area contributed by atoms with E-state index in [9.17, 15) is 24.3 Å². The number of carboxylic acid groups (broad SMARTS) is 1. The standard InChI is InChI=1S/C51H46N4O5/c1-3-32(2)48-42(38-23-11-12-26-41(38)49(57)54-48)30-47(56)52-44-27-15-13-24-39(44)40-25-14-16-28-45(40)53-50(58)46(29-33-17-5-4-6-18-33)55(51(59)60)31-43-36-21-9-7-19-34(36)35-20-8-10-22-37(35)43/h4-28,30,32,43,46,48H,3,29,31H2,1-2H3,(H,52,56)(H,53,58)(H,54,57)(H,59,60)/b42-30-. The minimum Gasteiger partial charge on any atom is -0.465 e. The Kier molecular flexibility index (Phi) is 11.4. The Morgan fingerprint density at radius 1 is 0.667 bits per heavy atom. The smallest absolute Gasteiger partial charge is 0.408 e. The molecule has 4 N–H and O–H groups in total. The molecule has 2 aliphatic rings. The number of amides is 4. The minimum absolute atomic E-state index is 0.0757. The van der Waals surface area contributed by atoms with Crippen LogP contribution < -0.4 is 16.0 Å². The fourth-order valence-corrected chi connectivity index (χ4v) is 8.60. The average Bonchev–Trinajstić information content (AvgIpc) is 3.59. The monoisotopic (exact) mass is 794 g/mol. The fraction of sp³-hybridized carbons (Fsp3) is 0.176. The summed E-state index contributed by atoms with van der Waals surface area (Å²) in [6.45, 7) is 4.18. The largest absolute Gasteiger partial charge is 0.465 e. The molecule has 9 nitrogen and oxygen atoms in total. The highest BCUT2D eigenvalue weighted by Gasteiger charge is 2.37. The van der Waals surface area contributed by atoms with Crippen molar-refractivity contribution >= 4 is 40.8 Å². The number of hydrogen-bond acceptors (Lipinski definition) is 4. The molecule has 0 saturated carbocycles. The number of carbonyl (C=O) groups excluding carboxylic acids is 3. The number of carbonyl (C=O) groups is 4. The van der Waals surface area contributed by atoms with Gasteiger partial charge in [0.05, 0.1) is 6.04 Å². The Morgan fingerprint density at radius 2 is 1.17 bits per heavy atom. The summed E-state index contributed by atoms with van der Waals surface area (Å²) in [5.74, 6) is -1.20. The lowest BCUT2D eigenvalue weighted by atomic mass is 9.82. The molecule has 4 amide bonds. The van der Waals surface area contributed by atoms with E-state index < -0.39 is 18.0 Å². The third kappa shape index (κ3) is 7.94. The molecule has 60 heavy (non-hydrogen) atoms. The second kappa shape index (κ2) is 17.3. The predicted octanol–water partition coefficient (Wildman–Crippen LogP) is 9.88. The SMILES string of the molecule is CCC(C)C1NC(=O)c2ccccc2/C1=C/C(=O)Nc1ccccc1-c1ccccc1NC(=O)C(Cc1ccccc1)N(CC1c2ccccc2-c2ccccc21)C(=O)O. The first kappa shape index (κ1) is 39.6. The van der Waals surface area contributed by atoms with Gasteiger partial charge >= 0.3 is 6.09 Å². The van der Waals surface area contributed by atoms with Crippen molar-refractivity contribution in [3.63, 3.8) is 0 Å². The number of para-hydroxylation sites is 2. The topological polar surface area (TPSA) is 128 Å². The molecule has 1 heterocycles. The van der Waals surface area contributed by atoms with Gasteiger partial charge in [0.2, 0.25) is 11.8 Å². The molecule has 3 atom stereocenters. The van der Waals surface area contributed by atoms with Crippen molar-refractivity contribution in [2.75, 3.05) is 17.2 Å². The summed E-state index contributed by atoms with van der Waals surface area (Å²) >= 11 is 0. The Hall–Kier alpha value is -7.26. The van der Waals surface area contributed by atoms with E-state index >= 15 is 0 Å². The highest BCUT2D eigenvalue weighted by atomic mass is 16.4. The Labute approximate surface area is 349 Å². The van der Waals surface area contributed by atoms with E-state index in [0.29, 0.717) is 28.1 Å². The zero-order valence-electron chi connectivity index (χ0n) is 33.5. The molecule has 0 fully saturated rings. The van der Waals surface area contributed by atoms with E-state index in [1.165, 1.54) is 4.90 Å². The van der Waals surface area contributed by atoms with Crippen LogP contribution in [-0.2, 0) is 16.0 Å². The van der Waals surface area contributed by atoms with Crippen LogP contribution in [0.5, 0.6) is 0 Å². The summed E-state index contributed by atoms with van der Waals surface area (Å²) < 4.78 is 0. The molecule has 300 valence electrons. The molecular weight excluding hydrogens is 749 g/mol. The maximum Gasteiger partial charge on any atom is 0.408 e. The molecule has 0 aromatic heterocycles. The maximum atomic E-state index is 14.7. The Morgan fingerprint density at radius 3 is 1.75 bits per heavy atom. The number of hydrogen-bond donors (Lipinski definition) is 4. The van der Waals surface area contributed by atoms with Crippen molar-refractivity contribution in [1.82, 2.24) is 10.2 Å². The van der Waals surface area contributed by atoms with Gasteiger partial charge in [0.25, 0.3) is 5.91 Å². The first-order chi connectivity index (χ1) is 29.2. The van der Waals surface area contributed by atoms with E-state index in [0.717, 1.165) is 45.4 Å². The summed E-state index contributed by atoms with van der Waals surface area (Å²) in [6, 6.07) is 46.0. The zero-order valence-corrected chi connectivity index (χ0v) is 33.5. The van der Waals surface area contributed by atoms with Gasteiger partial charge in [-0.05, 0) is 63.1 Å². The first-order valence-corrected chi connectivity index (χ1v) is 20.4. The second-order valence-corrected chi connectivity index (χ2v) is 15.4. The summed E-state index contributed by atoms with van der Waals surface area (Å²) in [4.78, 5) is 56.3. The predicted molar refractivity (Wildman–Crippen MR) is 237 cm³/mol. The summed E-state index contributed by atoms with van der Waals surface area (Å²) in [7, 11) is 0. The fourth-order valence-electron chi connectivity index (χ4n) is 8.60. The van der Waals surface area contributed by atoms with Crippen molar-refractivity contribution in [3.05, 3.63) is 186 Å². The van der Waals surface area contributed by atoms with E-state index in [1.54, 1.807) is 24.3 Å². The molecule has 0 saturated heterocycles. The van der Waals surface area contributed by atoms with Crippen LogP contribution in [0.15, 0.2) is 158 Å². The van der Waals surface area contributed by atoms with Gasteiger partial charge < -0.3 is 21.1 Å². The molecule has 0 bridgehead atoms. The average molecular weight is 795 g/mol. The van der Waals surface area contributed by atoms with E-state index in [1.807, 2.05) is 121 Å². The van der Waals surface area contributed by atoms with Gasteiger partial charge in [-0.1, -0.05) is 154 Å². The quantitative estimate of drug-likeness (QED) is 0.0918. The van der Waals surface area contributed by atoms with Crippen LogP contribution in [0.25, 0.3) is 27.8 Å². The maximum absolute atomic E-state index is 14.7. The normalized spacial score (nSPS) is 15.8. The van der Waals surface area contributed by atoms with Gasteiger partial charge in [-0.25, -0.2) is 4.79 Å². The van der Waals surface area contributed by atoms with Crippen LogP contribution >= 0.6 is 0 Å². The molecule has 1 aliphatic carbocycles. The Bertz CT molecular complexity index is 2570. The lowest BCUT2D eigenvalue weighted by molar-refractivity contribution is -0.120. The molecule has 8 rings (SSSR count). The number of rotatable bonds is 12. The summed E-state index contributed by atoms with van der Waals surface area (Å²) in [6.07, 6.45) is 1.32. The lowest BCUT2D eigenvalue weighted by Gasteiger charge is -2.32. The molecule has 0 spiro atoms. The van der Waals surface area contributed by atoms with Crippen LogP contribution in [0.2, 0.25) is 0 Å². The molecule has 9 heteroatoms. The number of nitrogens with one attached hydrogen (secondary N) is 3. The Balaban J connectivity index is 1.11. The second-order valence-electron chi connectivity index (χ2n) is 15.4. The summed E-state index contributed by atoms with van der Waals surface area (Å²) in [5, 5.41) is 20.2. The van der Waals surface area contributed by atoms with Gasteiger partial charge in [-0.3, -0.25) is 19.3 Å². The van der Waals surface area contributed by atoms with E-state index in [4.69, 9.17) is 0 Å². The van der Waals surface area contributed by atoms with Crippen LogP contribution in [0, 0.1) is 5.92 Å². The van der Waals surface area contributed by atoms with Gasteiger partial charge in [-0.15, -0.1) is 0 Å². The molecular formula is C51H46N4O5.